The van der Waals surface area contributed by atoms with E-state index in [1.807, 2.05) is 13.8 Å². The molecule has 0 spiro atoms. The third-order valence-electron chi connectivity index (χ3n) is 1.27. The molecule has 1 rings (SSSR count). The van der Waals surface area contributed by atoms with Crippen molar-refractivity contribution in [1.29, 1.82) is 0 Å². The molecule has 0 radical (unpaired) electrons. The normalized spacial score (nSPS) is 8.62. The molecule has 0 fully saturated rings. The van der Waals surface area contributed by atoms with Crippen molar-refractivity contribution in [2.24, 2.45) is 0 Å². The van der Waals surface area contributed by atoms with Gasteiger partial charge in [-0.05, 0) is 6.07 Å². The largest absolute Gasteiger partial charge is 0.468 e. The second-order valence-corrected chi connectivity index (χ2v) is 2.44. The molecule has 13 heavy (non-hydrogen) atoms. The Morgan fingerprint density at radius 3 is 2.69 bits per heavy atom. The summed E-state index contributed by atoms with van der Waals surface area (Å²) < 4.78 is 9.51. The van der Waals surface area contributed by atoms with Gasteiger partial charge in [0.15, 0.2) is 0 Å². The molecule has 1 aromatic rings. The molecule has 3 nitrogen and oxygen atoms in total. The van der Waals surface area contributed by atoms with E-state index in [4.69, 9.17) is 4.42 Å². The summed E-state index contributed by atoms with van der Waals surface area (Å²) >= 11 is 3.18. The second kappa shape index (κ2) is 6.71. The minimum absolute atomic E-state index is 0.367. The number of furan rings is 1. The Morgan fingerprint density at radius 1 is 1.62 bits per heavy atom. The average Bonchev–Trinajstić information content (AvgIpc) is 2.67. The van der Waals surface area contributed by atoms with Gasteiger partial charge < -0.3 is 9.15 Å². The SMILES string of the molecule is CC.COC(=O)c1ccoc1CBr. The predicted octanol–water partition coefficient (Wildman–Crippen LogP) is 2.99. The molecule has 1 aromatic heterocycles. The number of hydrogen-bond acceptors (Lipinski definition) is 3. The molecule has 0 atom stereocenters. The number of hydrogen-bond donors (Lipinski definition) is 0. The summed E-state index contributed by atoms with van der Waals surface area (Å²) in [7, 11) is 1.34. The standard InChI is InChI=1S/C7H7BrO3.C2H6/c1-10-7(9)5-2-3-11-6(5)4-8;1-2/h2-3H,4H2,1H3;1-2H3. The lowest BCUT2D eigenvalue weighted by Crippen LogP contribution is -2.01. The van der Waals surface area contributed by atoms with Crippen LogP contribution in [0.25, 0.3) is 0 Å². The molecular formula is C9H13BrO3. The zero-order chi connectivity index (χ0) is 10.3. The zero-order valence-electron chi connectivity index (χ0n) is 7.96. The first-order chi connectivity index (χ1) is 6.29. The fourth-order valence-electron chi connectivity index (χ4n) is 0.736. The summed E-state index contributed by atoms with van der Waals surface area (Å²) in [5.41, 5.74) is 0.476. The number of alkyl halides is 1. The molecule has 0 aliphatic rings. The maximum Gasteiger partial charge on any atom is 0.341 e. The van der Waals surface area contributed by atoms with E-state index in [0.29, 0.717) is 16.7 Å². The van der Waals surface area contributed by atoms with Crippen molar-refractivity contribution in [3.05, 3.63) is 23.7 Å². The monoisotopic (exact) mass is 248 g/mol. The zero-order valence-corrected chi connectivity index (χ0v) is 9.55. The Balaban J connectivity index is 0.000000671. The number of esters is 1. The van der Waals surface area contributed by atoms with Crippen molar-refractivity contribution in [3.63, 3.8) is 0 Å². The number of methoxy groups -OCH3 is 1. The maximum atomic E-state index is 11.0. The van der Waals surface area contributed by atoms with Crippen molar-refractivity contribution < 1.29 is 13.9 Å². The van der Waals surface area contributed by atoms with E-state index in [2.05, 4.69) is 20.7 Å². The first-order valence-electron chi connectivity index (χ1n) is 4.00. The van der Waals surface area contributed by atoms with Crippen LogP contribution < -0.4 is 0 Å². The van der Waals surface area contributed by atoms with E-state index in [1.165, 1.54) is 13.4 Å². The molecule has 0 N–H and O–H groups in total. The smallest absolute Gasteiger partial charge is 0.341 e. The molecule has 74 valence electrons. The molecule has 0 amide bonds. The van der Waals surface area contributed by atoms with Crippen LogP contribution in [0.3, 0.4) is 0 Å². The summed E-state index contributed by atoms with van der Waals surface area (Å²) in [5.74, 6) is 0.227. The van der Waals surface area contributed by atoms with Gasteiger partial charge in [-0.15, -0.1) is 0 Å². The number of carbonyl (C=O) groups excluding carboxylic acids is 1. The van der Waals surface area contributed by atoms with Gasteiger partial charge in [-0.3, -0.25) is 0 Å². The van der Waals surface area contributed by atoms with E-state index in [0.717, 1.165) is 0 Å². The molecule has 0 aliphatic heterocycles. The van der Waals surface area contributed by atoms with Crippen LogP contribution in [-0.4, -0.2) is 13.1 Å². The number of ether oxygens (including phenoxy) is 1. The Kier molecular flexibility index (Phi) is 6.32. The Hall–Kier alpha value is -0.770. The van der Waals surface area contributed by atoms with Crippen LogP contribution in [0, 0.1) is 0 Å². The quantitative estimate of drug-likeness (QED) is 0.597. The Labute approximate surface area is 86.2 Å². The van der Waals surface area contributed by atoms with Crippen molar-refractivity contribution in [2.45, 2.75) is 19.2 Å². The highest BCUT2D eigenvalue weighted by atomic mass is 79.9. The second-order valence-electron chi connectivity index (χ2n) is 1.88. The third-order valence-corrected chi connectivity index (χ3v) is 1.78. The van der Waals surface area contributed by atoms with Crippen LogP contribution in [0.5, 0.6) is 0 Å². The van der Waals surface area contributed by atoms with Crippen molar-refractivity contribution in [1.82, 2.24) is 0 Å². The average molecular weight is 249 g/mol. The fraction of sp³-hybridized carbons (Fsp3) is 0.444. The Bertz CT molecular complexity index is 255. The van der Waals surface area contributed by atoms with E-state index >= 15 is 0 Å². The molecule has 0 saturated heterocycles. The summed E-state index contributed by atoms with van der Waals surface area (Å²) in [4.78, 5) is 11.0. The van der Waals surface area contributed by atoms with Crippen molar-refractivity contribution >= 4 is 21.9 Å². The third kappa shape index (κ3) is 3.22. The van der Waals surface area contributed by atoms with Crippen LogP contribution in [0.4, 0.5) is 0 Å². The number of halogens is 1. The lowest BCUT2D eigenvalue weighted by Gasteiger charge is -1.95. The Morgan fingerprint density at radius 2 is 2.23 bits per heavy atom. The van der Waals surface area contributed by atoms with Crippen LogP contribution in [0.1, 0.15) is 30.0 Å². The highest BCUT2D eigenvalue weighted by molar-refractivity contribution is 9.08. The van der Waals surface area contributed by atoms with Crippen LogP contribution in [-0.2, 0) is 10.1 Å². The van der Waals surface area contributed by atoms with Crippen molar-refractivity contribution in [3.8, 4) is 0 Å². The maximum absolute atomic E-state index is 11.0. The predicted molar refractivity (Wildman–Crippen MR) is 54.0 cm³/mol. The van der Waals surface area contributed by atoms with Gasteiger partial charge in [0.2, 0.25) is 0 Å². The van der Waals surface area contributed by atoms with Gasteiger partial charge in [0.05, 0.1) is 18.7 Å². The first-order valence-corrected chi connectivity index (χ1v) is 5.12. The van der Waals surface area contributed by atoms with Crippen LogP contribution in [0.15, 0.2) is 16.7 Å². The summed E-state index contributed by atoms with van der Waals surface area (Å²) in [6, 6.07) is 1.59. The lowest BCUT2D eigenvalue weighted by atomic mass is 10.3. The number of carbonyl (C=O) groups is 1. The minimum atomic E-state index is -0.367. The van der Waals surface area contributed by atoms with Crippen molar-refractivity contribution in [2.75, 3.05) is 7.11 Å². The highest BCUT2D eigenvalue weighted by Gasteiger charge is 2.12. The highest BCUT2D eigenvalue weighted by Crippen LogP contribution is 2.14. The summed E-state index contributed by atoms with van der Waals surface area (Å²) in [6.45, 7) is 4.00. The molecular weight excluding hydrogens is 236 g/mol. The molecule has 0 unspecified atom stereocenters. The van der Waals surface area contributed by atoms with E-state index in [1.54, 1.807) is 6.07 Å². The van der Waals surface area contributed by atoms with Gasteiger partial charge in [-0.25, -0.2) is 4.79 Å². The topological polar surface area (TPSA) is 39.4 Å². The lowest BCUT2D eigenvalue weighted by molar-refractivity contribution is 0.0598. The molecule has 0 aliphatic carbocycles. The molecule has 4 heteroatoms. The van der Waals surface area contributed by atoms with Gasteiger partial charge in [0.25, 0.3) is 0 Å². The summed E-state index contributed by atoms with van der Waals surface area (Å²) in [5, 5.41) is 0.518. The molecule has 1 heterocycles. The van der Waals surface area contributed by atoms with Gasteiger partial charge in [0, 0.05) is 0 Å². The van der Waals surface area contributed by atoms with Crippen LogP contribution >= 0.6 is 15.9 Å². The van der Waals surface area contributed by atoms with Crippen LogP contribution in [0.2, 0.25) is 0 Å². The van der Waals surface area contributed by atoms with Gasteiger partial charge in [-0.1, -0.05) is 29.8 Å². The first kappa shape index (κ1) is 12.2. The van der Waals surface area contributed by atoms with E-state index < -0.39 is 0 Å². The molecule has 0 aromatic carbocycles. The summed E-state index contributed by atoms with van der Waals surface area (Å²) in [6.07, 6.45) is 1.46. The van der Waals surface area contributed by atoms with Gasteiger partial charge in [-0.2, -0.15) is 0 Å². The van der Waals surface area contributed by atoms with E-state index in [-0.39, 0.29) is 5.97 Å². The molecule has 0 bridgehead atoms. The minimum Gasteiger partial charge on any atom is -0.468 e. The van der Waals surface area contributed by atoms with E-state index in [9.17, 15) is 4.79 Å². The fourth-order valence-corrected chi connectivity index (χ4v) is 1.17. The van der Waals surface area contributed by atoms with Gasteiger partial charge in [0.1, 0.15) is 11.3 Å². The number of rotatable bonds is 2. The van der Waals surface area contributed by atoms with Gasteiger partial charge >= 0.3 is 5.97 Å². The molecule has 0 saturated carbocycles.